The summed E-state index contributed by atoms with van der Waals surface area (Å²) in [6, 6.07) is 94.7. The van der Waals surface area contributed by atoms with Crippen LogP contribution in [-0.2, 0) is 0 Å². The van der Waals surface area contributed by atoms with E-state index in [1.807, 2.05) is 0 Å². The second-order valence-electron chi connectivity index (χ2n) is 18.2. The monoisotopic (exact) mass is 858 g/mol. The van der Waals surface area contributed by atoms with E-state index in [2.05, 4.69) is 255 Å². The molecule has 0 saturated heterocycles. The molecule has 0 fully saturated rings. The maximum atomic E-state index is 2.44. The van der Waals surface area contributed by atoms with Crippen molar-refractivity contribution in [1.29, 1.82) is 0 Å². The molecule has 0 aliphatic rings. The lowest BCUT2D eigenvalue weighted by atomic mass is 9.80. The molecule has 0 amide bonds. The summed E-state index contributed by atoms with van der Waals surface area (Å²) in [6.45, 7) is 0. The molecule has 14 aromatic carbocycles. The van der Waals surface area contributed by atoms with E-state index >= 15 is 0 Å². The molecular formula is C68H42. The molecule has 0 saturated carbocycles. The van der Waals surface area contributed by atoms with Gasteiger partial charge in [-0.15, -0.1) is 0 Å². The SMILES string of the molecule is c1ccc(-c2cc3ccc(-c4c5ccccc5c(-c5c6ccccc6c(-c6ccc7cc(-c8ccccc8)c8ccccc8c7c6)c6ccccc56)c5ccccc45)cc3c3ccccc23)cc1. The molecule has 0 unspecified atom stereocenters. The van der Waals surface area contributed by atoms with Crippen molar-refractivity contribution in [3.63, 3.8) is 0 Å². The Balaban J connectivity index is 1.02. The van der Waals surface area contributed by atoms with Gasteiger partial charge in [0.2, 0.25) is 0 Å². The minimum absolute atomic E-state index is 1.22. The summed E-state index contributed by atoms with van der Waals surface area (Å²) in [5, 5.41) is 20.1. The third-order valence-corrected chi connectivity index (χ3v) is 14.6. The largest absolute Gasteiger partial charge is 0.0622 e. The van der Waals surface area contributed by atoms with Crippen molar-refractivity contribution in [2.75, 3.05) is 0 Å². The minimum Gasteiger partial charge on any atom is -0.0622 e. The van der Waals surface area contributed by atoms with Crippen LogP contribution in [0.3, 0.4) is 0 Å². The molecule has 0 heterocycles. The molecule has 68 heavy (non-hydrogen) atoms. The van der Waals surface area contributed by atoms with Crippen LogP contribution >= 0.6 is 0 Å². The fraction of sp³-hybridized carbons (Fsp3) is 0. The highest BCUT2D eigenvalue weighted by Gasteiger charge is 2.23. The van der Waals surface area contributed by atoms with Gasteiger partial charge in [0.05, 0.1) is 0 Å². The van der Waals surface area contributed by atoms with Crippen LogP contribution in [-0.4, -0.2) is 0 Å². The van der Waals surface area contributed by atoms with Crippen molar-refractivity contribution < 1.29 is 0 Å². The highest BCUT2D eigenvalue weighted by Crippen LogP contribution is 2.51. The van der Waals surface area contributed by atoms with Gasteiger partial charge in [0.25, 0.3) is 0 Å². The summed E-state index contributed by atoms with van der Waals surface area (Å²) in [7, 11) is 0. The van der Waals surface area contributed by atoms with Crippen LogP contribution in [0.4, 0.5) is 0 Å². The molecule has 14 aromatic rings. The number of benzene rings is 14. The van der Waals surface area contributed by atoms with Gasteiger partial charge in [-0.1, -0.05) is 231 Å². The molecule has 0 aliphatic heterocycles. The summed E-state index contributed by atoms with van der Waals surface area (Å²) in [4.78, 5) is 0. The minimum atomic E-state index is 1.22. The van der Waals surface area contributed by atoms with E-state index < -0.39 is 0 Å². The Kier molecular flexibility index (Phi) is 8.69. The summed E-state index contributed by atoms with van der Waals surface area (Å²) < 4.78 is 0. The van der Waals surface area contributed by atoms with Gasteiger partial charge < -0.3 is 0 Å². The Bertz CT molecular complexity index is 3950. The molecule has 0 heteroatoms. The van der Waals surface area contributed by atoms with Crippen molar-refractivity contribution >= 4 is 86.2 Å². The Morgan fingerprint density at radius 2 is 0.412 bits per heavy atom. The molecule has 0 bridgehead atoms. The molecule has 0 spiro atoms. The predicted molar refractivity (Wildman–Crippen MR) is 294 cm³/mol. The van der Waals surface area contributed by atoms with Crippen molar-refractivity contribution in [2.24, 2.45) is 0 Å². The van der Waals surface area contributed by atoms with Crippen LogP contribution in [0.15, 0.2) is 255 Å². The third kappa shape index (κ3) is 5.88. The van der Waals surface area contributed by atoms with Gasteiger partial charge in [-0.05, 0) is 166 Å². The zero-order valence-corrected chi connectivity index (χ0v) is 37.2. The first-order valence-electron chi connectivity index (χ1n) is 23.7. The second kappa shape index (κ2) is 15.4. The first kappa shape index (κ1) is 38.4. The molecule has 14 rings (SSSR count). The first-order chi connectivity index (χ1) is 33.8. The van der Waals surface area contributed by atoms with E-state index in [4.69, 9.17) is 0 Å². The van der Waals surface area contributed by atoms with Gasteiger partial charge in [0.15, 0.2) is 0 Å². The van der Waals surface area contributed by atoms with Gasteiger partial charge in [-0.3, -0.25) is 0 Å². The Hall–Kier alpha value is -8.84. The maximum Gasteiger partial charge on any atom is -0.00139 e. The molecular weight excluding hydrogens is 817 g/mol. The second-order valence-corrected chi connectivity index (χ2v) is 18.2. The standard InChI is InChI=1S/C68H42/c1-3-19-43(20-4-1)61-39-45-35-37-47(41-63(45)51-25-9-7-23-49(51)61)65-53-27-11-15-31-57(53)67(58-32-16-12-28-54(58)65)68-59-33-17-13-29-55(59)66(56-30-14-18-34-60(56)68)48-38-36-46-40-62(44-21-5-2-6-22-44)50-24-8-10-26-52(50)64(46)42-48/h1-42H. The summed E-state index contributed by atoms with van der Waals surface area (Å²) in [5.74, 6) is 0. The quantitative estimate of drug-likeness (QED) is 0.119. The highest BCUT2D eigenvalue weighted by molar-refractivity contribution is 6.30. The predicted octanol–water partition coefficient (Wildman–Crippen LogP) is 19.2. The Morgan fingerprint density at radius 3 is 0.735 bits per heavy atom. The van der Waals surface area contributed by atoms with E-state index in [9.17, 15) is 0 Å². The topological polar surface area (TPSA) is 0 Å². The first-order valence-corrected chi connectivity index (χ1v) is 23.7. The van der Waals surface area contributed by atoms with E-state index in [1.54, 1.807) is 0 Å². The van der Waals surface area contributed by atoms with Crippen LogP contribution in [0, 0.1) is 0 Å². The highest BCUT2D eigenvalue weighted by atomic mass is 14.3. The smallest absolute Gasteiger partial charge is 0.00139 e. The zero-order valence-electron chi connectivity index (χ0n) is 37.2. The Morgan fingerprint density at radius 1 is 0.147 bits per heavy atom. The van der Waals surface area contributed by atoms with Crippen molar-refractivity contribution in [2.45, 2.75) is 0 Å². The fourth-order valence-electron chi connectivity index (χ4n) is 11.6. The summed E-state index contributed by atoms with van der Waals surface area (Å²) in [5.41, 5.74) is 12.5. The van der Waals surface area contributed by atoms with Crippen molar-refractivity contribution in [3.05, 3.63) is 255 Å². The lowest BCUT2D eigenvalue weighted by molar-refractivity contribution is 1.66. The van der Waals surface area contributed by atoms with Gasteiger partial charge >= 0.3 is 0 Å². The lowest BCUT2D eigenvalue weighted by Gasteiger charge is -2.22. The van der Waals surface area contributed by atoms with Crippen LogP contribution in [0.25, 0.3) is 142 Å². The van der Waals surface area contributed by atoms with Crippen molar-refractivity contribution in [3.8, 4) is 55.6 Å². The normalized spacial score (nSPS) is 11.8. The number of rotatable bonds is 5. The van der Waals surface area contributed by atoms with Crippen LogP contribution in [0.5, 0.6) is 0 Å². The lowest BCUT2D eigenvalue weighted by Crippen LogP contribution is -1.95. The zero-order chi connectivity index (χ0) is 44.7. The summed E-state index contributed by atoms with van der Waals surface area (Å²) in [6.07, 6.45) is 0. The number of fused-ring (bicyclic) bond motifs is 10. The molecule has 314 valence electrons. The van der Waals surface area contributed by atoms with Crippen LogP contribution in [0.1, 0.15) is 0 Å². The van der Waals surface area contributed by atoms with E-state index in [-0.39, 0.29) is 0 Å². The van der Waals surface area contributed by atoms with Gasteiger partial charge in [-0.2, -0.15) is 0 Å². The third-order valence-electron chi connectivity index (χ3n) is 14.6. The molecule has 0 nitrogen and oxygen atoms in total. The van der Waals surface area contributed by atoms with Gasteiger partial charge in [0.1, 0.15) is 0 Å². The number of hydrogen-bond donors (Lipinski definition) is 0. The Labute approximate surface area is 394 Å². The van der Waals surface area contributed by atoms with Crippen molar-refractivity contribution in [1.82, 2.24) is 0 Å². The van der Waals surface area contributed by atoms with Gasteiger partial charge in [0, 0.05) is 0 Å². The summed E-state index contributed by atoms with van der Waals surface area (Å²) >= 11 is 0. The molecule has 0 N–H and O–H groups in total. The van der Waals surface area contributed by atoms with E-state index in [0.29, 0.717) is 0 Å². The van der Waals surface area contributed by atoms with E-state index in [0.717, 1.165) is 0 Å². The van der Waals surface area contributed by atoms with E-state index in [1.165, 1.54) is 142 Å². The molecule has 0 atom stereocenters. The van der Waals surface area contributed by atoms with Gasteiger partial charge in [-0.25, -0.2) is 0 Å². The molecule has 0 radical (unpaired) electrons. The molecule has 0 aromatic heterocycles. The fourth-order valence-corrected chi connectivity index (χ4v) is 11.6. The molecule has 0 aliphatic carbocycles. The van der Waals surface area contributed by atoms with Crippen LogP contribution < -0.4 is 0 Å². The number of hydrogen-bond acceptors (Lipinski definition) is 0. The van der Waals surface area contributed by atoms with Crippen LogP contribution in [0.2, 0.25) is 0 Å². The average Bonchev–Trinajstić information content (AvgIpc) is 3.41. The maximum absolute atomic E-state index is 2.44. The average molecular weight is 859 g/mol.